The molecular weight excluding hydrogens is 342 g/mol. The summed E-state index contributed by atoms with van der Waals surface area (Å²) in [6, 6.07) is 7.23. The zero-order valence-electron chi connectivity index (χ0n) is 16.0. The highest BCUT2D eigenvalue weighted by atomic mass is 16.1. The monoisotopic (exact) mass is 365 g/mol. The molecule has 0 spiro atoms. The second-order valence-corrected chi connectivity index (χ2v) is 7.27. The minimum Gasteiger partial charge on any atom is -0.340 e. The van der Waals surface area contributed by atoms with Crippen LogP contribution >= 0.6 is 0 Å². The lowest BCUT2D eigenvalue weighted by Crippen LogP contribution is -2.50. The van der Waals surface area contributed by atoms with E-state index in [0.29, 0.717) is 18.3 Å². The molecule has 3 aromatic heterocycles. The van der Waals surface area contributed by atoms with E-state index in [9.17, 15) is 4.79 Å². The van der Waals surface area contributed by atoms with E-state index in [-0.39, 0.29) is 5.56 Å². The van der Waals surface area contributed by atoms with Crippen LogP contribution in [0.25, 0.3) is 5.82 Å². The third-order valence-corrected chi connectivity index (χ3v) is 4.72. The summed E-state index contributed by atoms with van der Waals surface area (Å²) in [6.07, 6.45) is 0. The molecule has 1 fully saturated rings. The second kappa shape index (κ2) is 6.61. The maximum absolute atomic E-state index is 12.2. The van der Waals surface area contributed by atoms with Crippen molar-refractivity contribution >= 4 is 5.95 Å². The van der Waals surface area contributed by atoms with Crippen LogP contribution in [0.3, 0.4) is 0 Å². The van der Waals surface area contributed by atoms with E-state index >= 15 is 0 Å². The molecule has 0 saturated carbocycles. The first-order valence-corrected chi connectivity index (χ1v) is 9.08. The molecular formula is C19H23N7O. The van der Waals surface area contributed by atoms with E-state index in [0.717, 1.165) is 41.8 Å². The van der Waals surface area contributed by atoms with Crippen molar-refractivity contribution in [2.75, 3.05) is 18.0 Å². The molecule has 27 heavy (non-hydrogen) atoms. The molecule has 3 aromatic rings. The van der Waals surface area contributed by atoms with Gasteiger partial charge in [-0.05, 0) is 45.9 Å². The van der Waals surface area contributed by atoms with Crippen LogP contribution in [0.2, 0.25) is 0 Å². The van der Waals surface area contributed by atoms with E-state index in [2.05, 4.69) is 25.1 Å². The van der Waals surface area contributed by atoms with Crippen LogP contribution in [0, 0.1) is 33.6 Å². The number of nitrogens with zero attached hydrogens (tertiary/aromatic N) is 7. The Bertz CT molecular complexity index is 1030. The van der Waals surface area contributed by atoms with Gasteiger partial charge in [0, 0.05) is 42.2 Å². The van der Waals surface area contributed by atoms with Gasteiger partial charge in [0.1, 0.15) is 0 Å². The maximum atomic E-state index is 12.2. The molecule has 0 N–H and O–H groups in total. The van der Waals surface area contributed by atoms with Crippen molar-refractivity contribution in [3.05, 3.63) is 57.4 Å². The summed E-state index contributed by atoms with van der Waals surface area (Å²) >= 11 is 0. The van der Waals surface area contributed by atoms with Crippen LogP contribution < -0.4 is 10.5 Å². The van der Waals surface area contributed by atoms with E-state index in [1.807, 2.05) is 39.8 Å². The minimum absolute atomic E-state index is 0.0959. The summed E-state index contributed by atoms with van der Waals surface area (Å²) in [5, 5.41) is 8.97. The molecule has 0 radical (unpaired) electrons. The lowest BCUT2D eigenvalue weighted by Gasteiger charge is -2.39. The largest absolute Gasteiger partial charge is 0.340 e. The Morgan fingerprint density at radius 2 is 1.67 bits per heavy atom. The molecule has 1 saturated heterocycles. The molecule has 8 heteroatoms. The van der Waals surface area contributed by atoms with Crippen LogP contribution in [-0.2, 0) is 6.54 Å². The Morgan fingerprint density at radius 1 is 0.963 bits per heavy atom. The Hall–Kier alpha value is -3.03. The predicted molar refractivity (Wildman–Crippen MR) is 102 cm³/mol. The Kier molecular flexibility index (Phi) is 4.25. The van der Waals surface area contributed by atoms with E-state index < -0.39 is 0 Å². The molecule has 140 valence electrons. The van der Waals surface area contributed by atoms with Gasteiger partial charge in [-0.1, -0.05) is 0 Å². The van der Waals surface area contributed by atoms with Crippen LogP contribution in [0.1, 0.15) is 22.8 Å². The minimum atomic E-state index is -0.0959. The van der Waals surface area contributed by atoms with Crippen molar-refractivity contribution in [1.82, 2.24) is 29.5 Å². The van der Waals surface area contributed by atoms with Crippen LogP contribution in [0.15, 0.2) is 29.1 Å². The fraction of sp³-hybridized carbons (Fsp3) is 0.421. The second-order valence-electron chi connectivity index (χ2n) is 7.27. The number of rotatable bonds is 4. The third-order valence-electron chi connectivity index (χ3n) is 4.72. The molecule has 0 bridgehead atoms. The number of hydrogen-bond acceptors (Lipinski definition) is 6. The quantitative estimate of drug-likeness (QED) is 0.698. The van der Waals surface area contributed by atoms with E-state index in [4.69, 9.17) is 0 Å². The molecule has 4 rings (SSSR count). The fourth-order valence-corrected chi connectivity index (χ4v) is 3.48. The molecule has 8 nitrogen and oxygen atoms in total. The summed E-state index contributed by atoms with van der Waals surface area (Å²) in [5.74, 6) is 1.77. The van der Waals surface area contributed by atoms with Crippen molar-refractivity contribution in [3.8, 4) is 5.82 Å². The number of hydrogen-bond donors (Lipinski definition) is 0. The standard InChI is InChI=1S/C19H23N7O/c1-12-7-13(2)21-19(20-12)24-9-16(10-24)11-25-18(27)6-5-17(23-25)26-15(4)8-14(3)22-26/h5-8,16H,9-11H2,1-4H3. The Balaban J connectivity index is 1.48. The number of aromatic nitrogens is 6. The predicted octanol–water partition coefficient (Wildman–Crippen LogP) is 1.59. The third kappa shape index (κ3) is 3.47. The van der Waals surface area contributed by atoms with Gasteiger partial charge < -0.3 is 4.90 Å². The zero-order valence-corrected chi connectivity index (χ0v) is 16.0. The normalized spacial score (nSPS) is 14.4. The van der Waals surface area contributed by atoms with Gasteiger partial charge >= 0.3 is 0 Å². The van der Waals surface area contributed by atoms with Crippen molar-refractivity contribution < 1.29 is 0 Å². The highest BCUT2D eigenvalue weighted by Gasteiger charge is 2.29. The highest BCUT2D eigenvalue weighted by Crippen LogP contribution is 2.22. The van der Waals surface area contributed by atoms with Gasteiger partial charge in [-0.15, -0.1) is 5.10 Å². The van der Waals surface area contributed by atoms with Gasteiger partial charge in [-0.25, -0.2) is 19.3 Å². The first kappa shape index (κ1) is 17.4. The van der Waals surface area contributed by atoms with Crippen molar-refractivity contribution in [2.24, 2.45) is 5.92 Å². The summed E-state index contributed by atoms with van der Waals surface area (Å²) < 4.78 is 3.30. The molecule has 1 aliphatic heterocycles. The smallest absolute Gasteiger partial charge is 0.266 e. The molecule has 0 unspecified atom stereocenters. The van der Waals surface area contributed by atoms with E-state index in [1.165, 1.54) is 4.68 Å². The number of aryl methyl sites for hydroxylation is 4. The average Bonchev–Trinajstić information content (AvgIpc) is 2.89. The van der Waals surface area contributed by atoms with E-state index in [1.54, 1.807) is 16.8 Å². The summed E-state index contributed by atoms with van der Waals surface area (Å²) in [7, 11) is 0. The van der Waals surface area contributed by atoms with Crippen LogP contribution in [0.4, 0.5) is 5.95 Å². The van der Waals surface area contributed by atoms with Gasteiger partial charge in [0.2, 0.25) is 5.95 Å². The molecule has 1 aliphatic rings. The SMILES string of the molecule is Cc1cc(C)nc(N2CC(Cn3nc(-n4nc(C)cc4C)ccc3=O)C2)n1. The lowest BCUT2D eigenvalue weighted by molar-refractivity contribution is 0.329. The fourth-order valence-electron chi connectivity index (χ4n) is 3.48. The van der Waals surface area contributed by atoms with Gasteiger partial charge in [-0.3, -0.25) is 4.79 Å². The first-order valence-electron chi connectivity index (χ1n) is 9.08. The lowest BCUT2D eigenvalue weighted by atomic mass is 10.0. The Labute approximate surface area is 157 Å². The summed E-state index contributed by atoms with van der Waals surface area (Å²) in [4.78, 5) is 23.4. The van der Waals surface area contributed by atoms with Gasteiger partial charge in [0.25, 0.3) is 5.56 Å². The van der Waals surface area contributed by atoms with Gasteiger partial charge in [0.15, 0.2) is 5.82 Å². The Morgan fingerprint density at radius 3 is 2.30 bits per heavy atom. The highest BCUT2D eigenvalue weighted by molar-refractivity contribution is 5.35. The van der Waals surface area contributed by atoms with Crippen LogP contribution in [0.5, 0.6) is 0 Å². The summed E-state index contributed by atoms with van der Waals surface area (Å²) in [5.41, 5.74) is 3.76. The molecule has 4 heterocycles. The molecule has 0 atom stereocenters. The topological polar surface area (TPSA) is 81.7 Å². The molecule has 0 aliphatic carbocycles. The van der Waals surface area contributed by atoms with Crippen molar-refractivity contribution in [1.29, 1.82) is 0 Å². The number of anilines is 1. The van der Waals surface area contributed by atoms with Crippen molar-refractivity contribution in [3.63, 3.8) is 0 Å². The van der Waals surface area contributed by atoms with Crippen molar-refractivity contribution in [2.45, 2.75) is 34.2 Å². The maximum Gasteiger partial charge on any atom is 0.266 e. The van der Waals surface area contributed by atoms with Gasteiger partial charge in [0.05, 0.1) is 12.2 Å². The molecule has 0 amide bonds. The van der Waals surface area contributed by atoms with Crippen LogP contribution in [-0.4, -0.2) is 42.6 Å². The first-order chi connectivity index (χ1) is 12.9. The summed E-state index contributed by atoms with van der Waals surface area (Å²) in [6.45, 7) is 10.1. The average molecular weight is 365 g/mol. The zero-order chi connectivity index (χ0) is 19.1. The van der Waals surface area contributed by atoms with Gasteiger partial charge in [-0.2, -0.15) is 5.10 Å². The molecule has 0 aromatic carbocycles.